The molecule has 1 aromatic rings. The molecule has 0 aliphatic carbocycles. The molecule has 0 spiro atoms. The van der Waals surface area contributed by atoms with Crippen molar-refractivity contribution in [2.45, 2.75) is 6.92 Å². The highest BCUT2D eigenvalue weighted by atomic mass is 16.4. The summed E-state index contributed by atoms with van der Waals surface area (Å²) in [4.78, 5) is 17.0. The average Bonchev–Trinajstić information content (AvgIpc) is 2.28. The quantitative estimate of drug-likeness (QED) is 0.723. The molecule has 0 bridgehead atoms. The van der Waals surface area contributed by atoms with Crippen molar-refractivity contribution in [1.29, 1.82) is 0 Å². The lowest BCUT2D eigenvalue weighted by Gasteiger charge is -2.22. The van der Waals surface area contributed by atoms with Gasteiger partial charge in [-0.15, -0.1) is 6.58 Å². The summed E-state index contributed by atoms with van der Waals surface area (Å²) < 4.78 is 0. The third-order valence-electron chi connectivity index (χ3n) is 2.26. The molecule has 0 unspecified atom stereocenters. The molecular formula is C12H16N2O3. The minimum Gasteiger partial charge on any atom is -0.478 e. The Morgan fingerprint density at radius 3 is 2.82 bits per heavy atom. The van der Waals surface area contributed by atoms with E-state index in [1.165, 1.54) is 6.07 Å². The highest BCUT2D eigenvalue weighted by Gasteiger charge is 2.16. The number of carboxylic acid groups (broad SMARTS) is 1. The van der Waals surface area contributed by atoms with Gasteiger partial charge in [0.1, 0.15) is 11.4 Å². The Hall–Kier alpha value is -1.88. The van der Waals surface area contributed by atoms with E-state index in [-0.39, 0.29) is 12.2 Å². The van der Waals surface area contributed by atoms with Crippen molar-refractivity contribution >= 4 is 11.8 Å². The Bertz CT molecular complexity index is 418. The predicted molar refractivity (Wildman–Crippen MR) is 65.4 cm³/mol. The number of carbonyl (C=O) groups is 1. The molecular weight excluding hydrogens is 220 g/mol. The first kappa shape index (κ1) is 13.2. The van der Waals surface area contributed by atoms with E-state index in [0.29, 0.717) is 18.9 Å². The van der Waals surface area contributed by atoms with E-state index < -0.39 is 5.97 Å². The van der Waals surface area contributed by atoms with Crippen molar-refractivity contribution in [3.8, 4) is 0 Å². The SMILES string of the molecule is C=CCN(CCO)c1nc(C)ccc1C(=O)O. The van der Waals surface area contributed by atoms with Gasteiger partial charge in [-0.1, -0.05) is 6.08 Å². The number of carboxylic acids is 1. The summed E-state index contributed by atoms with van der Waals surface area (Å²) in [7, 11) is 0. The largest absolute Gasteiger partial charge is 0.478 e. The number of anilines is 1. The van der Waals surface area contributed by atoms with E-state index in [4.69, 9.17) is 10.2 Å². The van der Waals surface area contributed by atoms with Gasteiger partial charge < -0.3 is 15.1 Å². The first-order valence-corrected chi connectivity index (χ1v) is 5.27. The highest BCUT2D eigenvalue weighted by Crippen LogP contribution is 2.18. The van der Waals surface area contributed by atoms with E-state index in [0.717, 1.165) is 5.69 Å². The molecule has 92 valence electrons. The normalized spacial score (nSPS) is 10.0. The van der Waals surface area contributed by atoms with Crippen LogP contribution in [0, 0.1) is 6.92 Å². The minimum absolute atomic E-state index is 0.0669. The lowest BCUT2D eigenvalue weighted by Crippen LogP contribution is -2.29. The molecule has 0 aromatic carbocycles. The van der Waals surface area contributed by atoms with Gasteiger partial charge in [0, 0.05) is 18.8 Å². The van der Waals surface area contributed by atoms with Crippen LogP contribution in [0.4, 0.5) is 5.82 Å². The van der Waals surface area contributed by atoms with Gasteiger partial charge in [-0.05, 0) is 19.1 Å². The van der Waals surface area contributed by atoms with Crippen LogP contribution in [0.15, 0.2) is 24.8 Å². The number of hydrogen-bond donors (Lipinski definition) is 2. The third kappa shape index (κ3) is 3.29. The van der Waals surface area contributed by atoms with Crippen LogP contribution < -0.4 is 4.90 Å². The van der Waals surface area contributed by atoms with Gasteiger partial charge in [-0.25, -0.2) is 9.78 Å². The molecule has 0 fully saturated rings. The van der Waals surface area contributed by atoms with Crippen LogP contribution in [0.3, 0.4) is 0 Å². The summed E-state index contributed by atoms with van der Waals surface area (Å²) in [6.45, 7) is 6.10. The topological polar surface area (TPSA) is 73.7 Å². The van der Waals surface area contributed by atoms with Crippen LogP contribution in [0.1, 0.15) is 16.1 Å². The number of hydrogen-bond acceptors (Lipinski definition) is 4. The second-order valence-corrected chi connectivity index (χ2v) is 3.59. The van der Waals surface area contributed by atoms with Crippen molar-refractivity contribution in [1.82, 2.24) is 4.98 Å². The van der Waals surface area contributed by atoms with Crippen molar-refractivity contribution < 1.29 is 15.0 Å². The molecule has 2 N–H and O–H groups in total. The molecule has 0 aliphatic heterocycles. The van der Waals surface area contributed by atoms with E-state index in [1.807, 2.05) is 0 Å². The number of pyridine rings is 1. The maximum atomic E-state index is 11.1. The summed E-state index contributed by atoms with van der Waals surface area (Å²) in [5, 5.41) is 18.1. The summed E-state index contributed by atoms with van der Waals surface area (Å²) in [6, 6.07) is 3.17. The molecule has 17 heavy (non-hydrogen) atoms. The van der Waals surface area contributed by atoms with Gasteiger partial charge >= 0.3 is 5.97 Å². The van der Waals surface area contributed by atoms with Gasteiger partial charge in [0.2, 0.25) is 0 Å². The molecule has 5 nitrogen and oxygen atoms in total. The zero-order valence-electron chi connectivity index (χ0n) is 9.76. The molecule has 0 aliphatic rings. The van der Waals surface area contributed by atoms with E-state index in [9.17, 15) is 4.79 Å². The molecule has 0 amide bonds. The number of nitrogens with zero attached hydrogens (tertiary/aromatic N) is 2. The van der Waals surface area contributed by atoms with Crippen LogP contribution in [0.2, 0.25) is 0 Å². The summed E-state index contributed by atoms with van der Waals surface area (Å²) >= 11 is 0. The summed E-state index contributed by atoms with van der Waals surface area (Å²) in [5.41, 5.74) is 0.864. The Kier molecular flexibility index (Phi) is 4.66. The predicted octanol–water partition coefficient (Wildman–Crippen LogP) is 1.07. The number of aliphatic hydroxyl groups excluding tert-OH is 1. The third-order valence-corrected chi connectivity index (χ3v) is 2.26. The molecule has 0 saturated heterocycles. The van der Waals surface area contributed by atoms with Gasteiger partial charge in [0.15, 0.2) is 0 Å². The highest BCUT2D eigenvalue weighted by molar-refractivity contribution is 5.93. The summed E-state index contributed by atoms with van der Waals surface area (Å²) in [5.74, 6) is -0.661. The zero-order valence-corrected chi connectivity index (χ0v) is 9.76. The number of rotatable bonds is 6. The van der Waals surface area contributed by atoms with Crippen molar-refractivity contribution in [2.75, 3.05) is 24.6 Å². The fourth-order valence-corrected chi connectivity index (χ4v) is 1.51. The smallest absolute Gasteiger partial charge is 0.339 e. The average molecular weight is 236 g/mol. The van der Waals surface area contributed by atoms with Crippen molar-refractivity contribution in [2.24, 2.45) is 0 Å². The second kappa shape index (κ2) is 6.00. The molecule has 0 radical (unpaired) electrons. The van der Waals surface area contributed by atoms with Gasteiger partial charge in [0.05, 0.1) is 6.61 Å². The monoisotopic (exact) mass is 236 g/mol. The fourth-order valence-electron chi connectivity index (χ4n) is 1.51. The van der Waals surface area contributed by atoms with Gasteiger partial charge in [0.25, 0.3) is 0 Å². The van der Waals surface area contributed by atoms with E-state index in [2.05, 4.69) is 11.6 Å². The molecule has 1 aromatic heterocycles. The fraction of sp³-hybridized carbons (Fsp3) is 0.333. The van der Waals surface area contributed by atoms with Gasteiger partial charge in [-0.2, -0.15) is 0 Å². The Labute approximate surface area is 100 Å². The first-order valence-electron chi connectivity index (χ1n) is 5.27. The summed E-state index contributed by atoms with van der Waals surface area (Å²) in [6.07, 6.45) is 1.64. The van der Waals surface area contributed by atoms with Crippen molar-refractivity contribution in [3.63, 3.8) is 0 Å². The van der Waals surface area contributed by atoms with Crippen molar-refractivity contribution in [3.05, 3.63) is 36.0 Å². The second-order valence-electron chi connectivity index (χ2n) is 3.59. The van der Waals surface area contributed by atoms with Crippen LogP contribution >= 0.6 is 0 Å². The molecule has 1 heterocycles. The molecule has 1 rings (SSSR count). The zero-order chi connectivity index (χ0) is 12.8. The number of aromatic nitrogens is 1. The minimum atomic E-state index is -1.03. The molecule has 0 saturated carbocycles. The Morgan fingerprint density at radius 1 is 1.59 bits per heavy atom. The standard InChI is InChI=1S/C12H16N2O3/c1-3-6-14(7-8-15)11-10(12(16)17)5-4-9(2)13-11/h3-5,15H,1,6-8H2,2H3,(H,16,17). The van der Waals surface area contributed by atoms with E-state index >= 15 is 0 Å². The van der Waals surface area contributed by atoms with Crippen LogP contribution in [-0.4, -0.2) is 40.9 Å². The maximum Gasteiger partial charge on any atom is 0.339 e. The number of aromatic carboxylic acids is 1. The molecule has 0 atom stereocenters. The van der Waals surface area contributed by atoms with Crippen LogP contribution in [-0.2, 0) is 0 Å². The van der Waals surface area contributed by atoms with Crippen LogP contribution in [0.25, 0.3) is 0 Å². The van der Waals surface area contributed by atoms with Crippen LogP contribution in [0.5, 0.6) is 0 Å². The Morgan fingerprint density at radius 2 is 2.29 bits per heavy atom. The number of aryl methyl sites for hydroxylation is 1. The first-order chi connectivity index (χ1) is 8.10. The lowest BCUT2D eigenvalue weighted by atomic mass is 10.2. The Balaban J connectivity index is 3.18. The molecule has 5 heteroatoms. The van der Waals surface area contributed by atoms with E-state index in [1.54, 1.807) is 24.0 Å². The maximum absolute atomic E-state index is 11.1. The number of aliphatic hydroxyl groups is 1. The lowest BCUT2D eigenvalue weighted by molar-refractivity contribution is 0.0697. The van der Waals surface area contributed by atoms with Gasteiger partial charge in [-0.3, -0.25) is 0 Å².